The molecule has 1 unspecified atom stereocenters. The van der Waals surface area contributed by atoms with Crippen molar-refractivity contribution in [1.82, 2.24) is 0 Å². The van der Waals surface area contributed by atoms with Crippen molar-refractivity contribution < 1.29 is 37.6 Å². The standard InChI is InChI=1S/C43H58O8Si/c1-42(2,3)52(5,6)51-34-43(33-48-35-45-23-22-44-4,31-46-27-36-16-10-7-11-17-36)32-47-28-39-24-40(49-29-37-18-12-8-13-19-37)26-41(25-39)50-30-38-20-14-9-15-21-38/h7-21,24-26H,22-23,27-35H2,1-6H3. The van der Waals surface area contributed by atoms with E-state index in [0.717, 1.165) is 22.3 Å². The Morgan fingerprint density at radius 2 is 0.962 bits per heavy atom. The number of methoxy groups -OCH3 is 1. The van der Waals surface area contributed by atoms with Crippen LogP contribution in [0.4, 0.5) is 0 Å². The van der Waals surface area contributed by atoms with E-state index in [9.17, 15) is 0 Å². The molecular formula is C43H58O8Si. The molecule has 1 atom stereocenters. The lowest BCUT2D eigenvalue weighted by atomic mass is 9.92. The van der Waals surface area contributed by atoms with E-state index < -0.39 is 13.7 Å². The predicted molar refractivity (Wildman–Crippen MR) is 208 cm³/mol. The van der Waals surface area contributed by atoms with Crippen LogP contribution in [0.2, 0.25) is 18.1 Å². The first kappa shape index (κ1) is 41.2. The molecule has 0 saturated heterocycles. The molecule has 0 amide bonds. The molecule has 9 heteroatoms. The maximum Gasteiger partial charge on any atom is 0.192 e. The third-order valence-corrected chi connectivity index (χ3v) is 13.7. The van der Waals surface area contributed by atoms with Crippen molar-refractivity contribution in [3.05, 3.63) is 131 Å². The van der Waals surface area contributed by atoms with Gasteiger partial charge in [-0.2, -0.15) is 0 Å². The van der Waals surface area contributed by atoms with Gasteiger partial charge >= 0.3 is 0 Å². The van der Waals surface area contributed by atoms with Crippen molar-refractivity contribution in [2.45, 2.75) is 65.3 Å². The quantitative estimate of drug-likeness (QED) is 0.0402. The summed E-state index contributed by atoms with van der Waals surface area (Å²) < 4.78 is 49.3. The van der Waals surface area contributed by atoms with Crippen molar-refractivity contribution in [3.63, 3.8) is 0 Å². The van der Waals surface area contributed by atoms with E-state index in [1.165, 1.54) is 0 Å². The Labute approximate surface area is 312 Å². The average Bonchev–Trinajstić information content (AvgIpc) is 3.14. The lowest BCUT2D eigenvalue weighted by Gasteiger charge is -2.41. The summed E-state index contributed by atoms with van der Waals surface area (Å²) in [4.78, 5) is 0. The van der Waals surface area contributed by atoms with E-state index in [2.05, 4.69) is 70.3 Å². The van der Waals surface area contributed by atoms with E-state index >= 15 is 0 Å². The van der Waals surface area contributed by atoms with Crippen LogP contribution in [0.5, 0.6) is 11.5 Å². The minimum atomic E-state index is -2.12. The minimum absolute atomic E-state index is 0.0327. The first-order valence-corrected chi connectivity index (χ1v) is 20.9. The Morgan fingerprint density at radius 3 is 1.44 bits per heavy atom. The van der Waals surface area contributed by atoms with Crippen LogP contribution in [0.3, 0.4) is 0 Å². The maximum absolute atomic E-state index is 6.84. The fraction of sp³-hybridized carbons (Fsp3) is 0.442. The fourth-order valence-electron chi connectivity index (χ4n) is 5.03. The normalized spacial score (nSPS) is 13.1. The van der Waals surface area contributed by atoms with Gasteiger partial charge in [0.05, 0.1) is 51.7 Å². The molecule has 0 aliphatic carbocycles. The molecule has 0 fully saturated rings. The van der Waals surface area contributed by atoms with Crippen LogP contribution >= 0.6 is 0 Å². The van der Waals surface area contributed by atoms with E-state index in [1.807, 2.05) is 72.8 Å². The highest BCUT2D eigenvalue weighted by molar-refractivity contribution is 6.74. The van der Waals surface area contributed by atoms with Crippen LogP contribution in [0.25, 0.3) is 0 Å². The van der Waals surface area contributed by atoms with Crippen molar-refractivity contribution in [1.29, 1.82) is 0 Å². The molecule has 0 aromatic heterocycles. The summed E-state index contributed by atoms with van der Waals surface area (Å²) in [5, 5.41) is 0.0327. The van der Waals surface area contributed by atoms with Crippen molar-refractivity contribution in [3.8, 4) is 11.5 Å². The zero-order valence-corrected chi connectivity index (χ0v) is 32.9. The Kier molecular flexibility index (Phi) is 16.8. The fourth-order valence-corrected chi connectivity index (χ4v) is 6.13. The molecule has 8 nitrogen and oxygen atoms in total. The summed E-state index contributed by atoms with van der Waals surface area (Å²) in [6.45, 7) is 15.5. The molecule has 0 spiro atoms. The molecule has 282 valence electrons. The summed E-state index contributed by atoms with van der Waals surface area (Å²) in [5.74, 6) is 1.42. The zero-order chi connectivity index (χ0) is 37.1. The summed E-state index contributed by atoms with van der Waals surface area (Å²) in [7, 11) is -0.472. The maximum atomic E-state index is 6.84. The van der Waals surface area contributed by atoms with Crippen molar-refractivity contribution >= 4 is 8.32 Å². The van der Waals surface area contributed by atoms with Crippen molar-refractivity contribution in [2.24, 2.45) is 5.41 Å². The van der Waals surface area contributed by atoms with Crippen LogP contribution < -0.4 is 9.47 Å². The van der Waals surface area contributed by atoms with Gasteiger partial charge in [0.15, 0.2) is 8.32 Å². The predicted octanol–water partition coefficient (Wildman–Crippen LogP) is 9.22. The van der Waals surface area contributed by atoms with E-state index in [-0.39, 0.29) is 11.8 Å². The molecule has 0 aliphatic rings. The second kappa shape index (κ2) is 21.2. The molecule has 4 aromatic carbocycles. The van der Waals surface area contributed by atoms with Gasteiger partial charge in [-0.3, -0.25) is 0 Å². The molecule has 0 heterocycles. The smallest absolute Gasteiger partial charge is 0.192 e. The largest absolute Gasteiger partial charge is 0.489 e. The molecule has 4 aromatic rings. The Balaban J connectivity index is 1.53. The van der Waals surface area contributed by atoms with Gasteiger partial charge in [-0.15, -0.1) is 0 Å². The van der Waals surface area contributed by atoms with Crippen LogP contribution in [0, 0.1) is 5.41 Å². The second-order valence-electron chi connectivity index (χ2n) is 14.7. The summed E-state index contributed by atoms with van der Waals surface area (Å²) >= 11 is 0. The van der Waals surface area contributed by atoms with Gasteiger partial charge in [-0.05, 0) is 52.5 Å². The van der Waals surface area contributed by atoms with Gasteiger partial charge < -0.3 is 37.6 Å². The zero-order valence-electron chi connectivity index (χ0n) is 31.9. The SMILES string of the molecule is COCCOCOCC(COCc1ccccc1)(COCc1cc(OCc2ccccc2)cc(OCc2ccccc2)c1)CO[Si](C)(C)C(C)(C)C. The first-order valence-electron chi connectivity index (χ1n) is 18.0. The van der Waals surface area contributed by atoms with E-state index in [4.69, 9.17) is 37.6 Å². The Hall–Kier alpha value is -3.54. The van der Waals surface area contributed by atoms with Crippen LogP contribution in [0.15, 0.2) is 109 Å². The van der Waals surface area contributed by atoms with Gasteiger partial charge in [0, 0.05) is 19.8 Å². The van der Waals surface area contributed by atoms with Gasteiger partial charge in [-0.1, -0.05) is 112 Å². The molecular weight excluding hydrogens is 673 g/mol. The van der Waals surface area contributed by atoms with Crippen LogP contribution in [0.1, 0.15) is 43.0 Å². The number of hydrogen-bond donors (Lipinski definition) is 0. The molecule has 0 bridgehead atoms. The third kappa shape index (κ3) is 14.5. The third-order valence-electron chi connectivity index (χ3n) is 9.19. The lowest BCUT2D eigenvalue weighted by Crippen LogP contribution is -2.48. The topological polar surface area (TPSA) is 73.8 Å². The highest BCUT2D eigenvalue weighted by Gasteiger charge is 2.41. The number of hydrogen-bond acceptors (Lipinski definition) is 8. The highest BCUT2D eigenvalue weighted by atomic mass is 28.4. The lowest BCUT2D eigenvalue weighted by molar-refractivity contribution is -0.135. The molecule has 0 N–H and O–H groups in total. The van der Waals surface area contributed by atoms with Gasteiger partial charge in [0.1, 0.15) is 31.5 Å². The van der Waals surface area contributed by atoms with Gasteiger partial charge in [0.2, 0.25) is 0 Å². The van der Waals surface area contributed by atoms with Crippen LogP contribution in [-0.2, 0) is 54.5 Å². The second-order valence-corrected chi connectivity index (χ2v) is 19.6. The highest BCUT2D eigenvalue weighted by Crippen LogP contribution is 2.38. The van der Waals surface area contributed by atoms with E-state index in [1.54, 1.807) is 7.11 Å². The molecule has 0 saturated carbocycles. The molecule has 52 heavy (non-hydrogen) atoms. The number of benzene rings is 4. The van der Waals surface area contributed by atoms with Crippen molar-refractivity contribution in [2.75, 3.05) is 53.5 Å². The minimum Gasteiger partial charge on any atom is -0.489 e. The Morgan fingerprint density at radius 1 is 0.500 bits per heavy atom. The Bertz CT molecular complexity index is 1480. The van der Waals surface area contributed by atoms with Crippen LogP contribution in [-0.4, -0.2) is 61.9 Å². The number of ether oxygens (including phenoxy) is 7. The molecule has 0 radical (unpaired) electrons. The average molecular weight is 731 g/mol. The molecule has 4 rings (SSSR count). The summed E-state index contributed by atoms with van der Waals surface area (Å²) in [5.41, 5.74) is 3.60. The first-order chi connectivity index (χ1) is 25.1. The number of rotatable bonds is 24. The van der Waals surface area contributed by atoms with Gasteiger partial charge in [-0.25, -0.2) is 0 Å². The van der Waals surface area contributed by atoms with E-state index in [0.29, 0.717) is 77.6 Å². The summed E-state index contributed by atoms with van der Waals surface area (Å²) in [6, 6.07) is 36.4. The summed E-state index contributed by atoms with van der Waals surface area (Å²) in [6.07, 6.45) is 0. The van der Waals surface area contributed by atoms with Gasteiger partial charge in [0.25, 0.3) is 0 Å². The molecule has 0 aliphatic heterocycles. The monoisotopic (exact) mass is 730 g/mol.